The van der Waals surface area contributed by atoms with Crippen LogP contribution in [0.15, 0.2) is 42.5 Å². The fraction of sp³-hybridized carbons (Fsp3) is 0.250. The van der Waals surface area contributed by atoms with Gasteiger partial charge in [-0.1, -0.05) is 6.07 Å². The second kappa shape index (κ2) is 8.51. The smallest absolute Gasteiger partial charge is 0.338 e. The average Bonchev–Trinajstić information content (AvgIpc) is 3.12. The third-order valence-electron chi connectivity index (χ3n) is 4.51. The molecule has 0 aliphatic carbocycles. The predicted molar refractivity (Wildman–Crippen MR) is 105 cm³/mol. The van der Waals surface area contributed by atoms with Crippen LogP contribution in [0, 0.1) is 17.0 Å². The molecule has 0 bridgehead atoms. The number of nitrogens with one attached hydrogen (secondary N) is 1. The standard InChI is InChI=1S/C20H19N3O6/c1-13-4-5-14(11-17(13)23(27)28)20(26)29-12-18(24)21-15-6-8-16(9-7-15)22-10-2-3-19(22)25/h4-9,11H,2-3,10,12H2,1H3,(H,21,24). The number of carbonyl (C=O) groups excluding carboxylic acids is 3. The summed E-state index contributed by atoms with van der Waals surface area (Å²) in [5.74, 6) is -1.30. The van der Waals surface area contributed by atoms with E-state index in [9.17, 15) is 24.5 Å². The molecule has 0 atom stereocenters. The summed E-state index contributed by atoms with van der Waals surface area (Å²) in [6.07, 6.45) is 1.36. The van der Waals surface area contributed by atoms with Crippen molar-refractivity contribution in [3.8, 4) is 0 Å². The molecular weight excluding hydrogens is 378 g/mol. The van der Waals surface area contributed by atoms with Crippen LogP contribution in [-0.4, -0.2) is 35.9 Å². The SMILES string of the molecule is Cc1ccc(C(=O)OCC(=O)Nc2ccc(N3CCCC3=O)cc2)cc1[N+](=O)[O-]. The molecule has 1 aliphatic rings. The lowest BCUT2D eigenvalue weighted by molar-refractivity contribution is -0.385. The van der Waals surface area contributed by atoms with E-state index in [0.717, 1.165) is 18.2 Å². The summed E-state index contributed by atoms with van der Waals surface area (Å²) < 4.78 is 4.93. The van der Waals surface area contributed by atoms with Gasteiger partial charge in [0.2, 0.25) is 5.91 Å². The number of esters is 1. The number of benzene rings is 2. The lowest BCUT2D eigenvalue weighted by Crippen LogP contribution is -2.23. The van der Waals surface area contributed by atoms with E-state index >= 15 is 0 Å². The maximum atomic E-state index is 12.0. The summed E-state index contributed by atoms with van der Waals surface area (Å²) in [6, 6.07) is 10.7. The molecule has 2 aromatic rings. The number of rotatable bonds is 6. The number of carbonyl (C=O) groups is 3. The molecule has 1 saturated heterocycles. The number of nitro groups is 1. The Bertz CT molecular complexity index is 971. The molecule has 29 heavy (non-hydrogen) atoms. The number of nitrogens with zero attached hydrogens (tertiary/aromatic N) is 2. The van der Waals surface area contributed by atoms with Gasteiger partial charge in [-0.2, -0.15) is 0 Å². The van der Waals surface area contributed by atoms with Crippen LogP contribution in [0.3, 0.4) is 0 Å². The Morgan fingerprint density at radius 1 is 1.21 bits per heavy atom. The van der Waals surface area contributed by atoms with Gasteiger partial charge >= 0.3 is 5.97 Å². The molecule has 2 amide bonds. The van der Waals surface area contributed by atoms with Gasteiger partial charge in [0.05, 0.1) is 10.5 Å². The van der Waals surface area contributed by atoms with Gasteiger partial charge in [0.25, 0.3) is 11.6 Å². The van der Waals surface area contributed by atoms with Crippen LogP contribution >= 0.6 is 0 Å². The highest BCUT2D eigenvalue weighted by molar-refractivity contribution is 5.97. The Balaban J connectivity index is 1.54. The maximum absolute atomic E-state index is 12.0. The number of hydrogen-bond acceptors (Lipinski definition) is 6. The van der Waals surface area contributed by atoms with E-state index in [0.29, 0.717) is 24.2 Å². The van der Waals surface area contributed by atoms with E-state index in [2.05, 4.69) is 5.32 Å². The van der Waals surface area contributed by atoms with E-state index < -0.39 is 23.4 Å². The van der Waals surface area contributed by atoms with Crippen molar-refractivity contribution < 1.29 is 24.0 Å². The molecule has 2 aromatic carbocycles. The van der Waals surface area contributed by atoms with Crippen LogP contribution in [0.2, 0.25) is 0 Å². The molecule has 0 aromatic heterocycles. The topological polar surface area (TPSA) is 119 Å². The number of amides is 2. The van der Waals surface area contributed by atoms with Crippen LogP contribution in [0.25, 0.3) is 0 Å². The molecule has 0 radical (unpaired) electrons. The van der Waals surface area contributed by atoms with Crippen molar-refractivity contribution in [2.24, 2.45) is 0 Å². The van der Waals surface area contributed by atoms with Crippen molar-refractivity contribution >= 4 is 34.8 Å². The molecule has 3 rings (SSSR count). The first-order chi connectivity index (χ1) is 13.8. The Kier molecular flexibility index (Phi) is 5.87. The fourth-order valence-electron chi connectivity index (χ4n) is 2.99. The van der Waals surface area contributed by atoms with Crippen molar-refractivity contribution in [1.82, 2.24) is 0 Å². The molecular formula is C20H19N3O6. The quantitative estimate of drug-likeness (QED) is 0.455. The second-order valence-electron chi connectivity index (χ2n) is 6.58. The highest BCUT2D eigenvalue weighted by Crippen LogP contribution is 2.23. The fourth-order valence-corrected chi connectivity index (χ4v) is 2.99. The first kappa shape index (κ1) is 20.0. The molecule has 9 nitrogen and oxygen atoms in total. The summed E-state index contributed by atoms with van der Waals surface area (Å²) in [4.78, 5) is 47.9. The summed E-state index contributed by atoms with van der Waals surface area (Å²) in [5.41, 5.74) is 1.48. The molecule has 150 valence electrons. The molecule has 1 N–H and O–H groups in total. The Hall–Kier alpha value is -3.75. The molecule has 0 unspecified atom stereocenters. The molecule has 1 heterocycles. The van der Waals surface area contributed by atoms with Crippen LogP contribution in [-0.2, 0) is 14.3 Å². The van der Waals surface area contributed by atoms with Gasteiger partial charge in [-0.05, 0) is 43.7 Å². The van der Waals surface area contributed by atoms with Gasteiger partial charge in [-0.3, -0.25) is 19.7 Å². The van der Waals surface area contributed by atoms with Crippen LogP contribution in [0.1, 0.15) is 28.8 Å². The second-order valence-corrected chi connectivity index (χ2v) is 6.58. The van der Waals surface area contributed by atoms with E-state index in [1.165, 1.54) is 12.1 Å². The van der Waals surface area contributed by atoms with Gasteiger partial charge in [0.1, 0.15) is 0 Å². The number of hydrogen-bond donors (Lipinski definition) is 1. The Morgan fingerprint density at radius 2 is 1.93 bits per heavy atom. The van der Waals surface area contributed by atoms with Gasteiger partial charge in [-0.15, -0.1) is 0 Å². The minimum atomic E-state index is -0.828. The van der Waals surface area contributed by atoms with Crippen molar-refractivity contribution in [2.75, 3.05) is 23.4 Å². The lowest BCUT2D eigenvalue weighted by atomic mass is 10.1. The average molecular weight is 397 g/mol. The van der Waals surface area contributed by atoms with Gasteiger partial charge < -0.3 is 15.0 Å². The van der Waals surface area contributed by atoms with Gasteiger partial charge in [0.15, 0.2) is 6.61 Å². The largest absolute Gasteiger partial charge is 0.452 e. The third-order valence-corrected chi connectivity index (χ3v) is 4.51. The molecule has 1 fully saturated rings. The third kappa shape index (κ3) is 4.75. The van der Waals surface area contributed by atoms with Crippen molar-refractivity contribution in [1.29, 1.82) is 0 Å². The van der Waals surface area contributed by atoms with E-state index in [-0.39, 0.29) is 17.2 Å². The van der Waals surface area contributed by atoms with Gasteiger partial charge in [-0.25, -0.2) is 4.79 Å². The number of aryl methyl sites for hydroxylation is 1. The van der Waals surface area contributed by atoms with Crippen molar-refractivity contribution in [3.63, 3.8) is 0 Å². The number of anilines is 2. The van der Waals surface area contributed by atoms with Crippen LogP contribution < -0.4 is 10.2 Å². The Morgan fingerprint density at radius 3 is 2.55 bits per heavy atom. The normalized spacial score (nSPS) is 13.3. The molecule has 9 heteroatoms. The first-order valence-corrected chi connectivity index (χ1v) is 8.97. The lowest BCUT2D eigenvalue weighted by Gasteiger charge is -2.16. The highest BCUT2D eigenvalue weighted by Gasteiger charge is 2.21. The minimum absolute atomic E-state index is 0.00488. The summed E-state index contributed by atoms with van der Waals surface area (Å²) in [7, 11) is 0. The molecule has 1 aliphatic heterocycles. The maximum Gasteiger partial charge on any atom is 0.338 e. The van der Waals surface area contributed by atoms with Crippen molar-refractivity contribution in [3.05, 3.63) is 63.7 Å². The van der Waals surface area contributed by atoms with Gasteiger partial charge in [0, 0.05) is 36.0 Å². The van der Waals surface area contributed by atoms with E-state index in [1.807, 2.05) is 0 Å². The predicted octanol–water partition coefficient (Wildman–Crippen LogP) is 2.83. The zero-order valence-corrected chi connectivity index (χ0v) is 15.7. The Labute approximate surface area is 166 Å². The molecule has 0 saturated carbocycles. The zero-order valence-electron chi connectivity index (χ0n) is 15.7. The van der Waals surface area contributed by atoms with E-state index in [4.69, 9.17) is 4.74 Å². The van der Waals surface area contributed by atoms with E-state index in [1.54, 1.807) is 36.1 Å². The number of nitro benzene ring substituents is 1. The van der Waals surface area contributed by atoms with Crippen LogP contribution in [0.5, 0.6) is 0 Å². The minimum Gasteiger partial charge on any atom is -0.452 e. The highest BCUT2D eigenvalue weighted by atomic mass is 16.6. The molecule has 0 spiro atoms. The summed E-state index contributed by atoms with van der Waals surface area (Å²) in [5, 5.41) is 13.5. The summed E-state index contributed by atoms with van der Waals surface area (Å²) >= 11 is 0. The summed E-state index contributed by atoms with van der Waals surface area (Å²) in [6.45, 7) is 1.70. The monoisotopic (exact) mass is 397 g/mol. The zero-order chi connectivity index (χ0) is 21.0. The first-order valence-electron chi connectivity index (χ1n) is 8.97. The van der Waals surface area contributed by atoms with Crippen LogP contribution in [0.4, 0.5) is 17.1 Å². The number of ether oxygens (including phenoxy) is 1. The van der Waals surface area contributed by atoms with Crippen molar-refractivity contribution in [2.45, 2.75) is 19.8 Å².